The van der Waals surface area contributed by atoms with Crippen LogP contribution in [0.2, 0.25) is 0 Å². The standard InChI is InChI=1S/C16H26FNO2/c1-4-12(2)13(3)18-9-15(19)11-20-10-14-7-5-6-8-16(14)17/h5-8,12-13,15,18-19H,4,9-11H2,1-3H3. The van der Waals surface area contributed by atoms with Crippen LogP contribution in [0.3, 0.4) is 0 Å². The van der Waals surface area contributed by atoms with Crippen LogP contribution in [0, 0.1) is 11.7 Å². The van der Waals surface area contributed by atoms with Gasteiger partial charge in [-0.15, -0.1) is 0 Å². The van der Waals surface area contributed by atoms with Crippen LogP contribution in [0.4, 0.5) is 4.39 Å². The second-order valence-corrected chi connectivity index (χ2v) is 5.34. The predicted molar refractivity (Wildman–Crippen MR) is 79.0 cm³/mol. The average Bonchev–Trinajstić information content (AvgIpc) is 2.45. The highest BCUT2D eigenvalue weighted by Crippen LogP contribution is 2.08. The van der Waals surface area contributed by atoms with Crippen LogP contribution in [-0.4, -0.2) is 30.4 Å². The molecule has 0 fully saturated rings. The molecule has 0 saturated carbocycles. The molecule has 0 aliphatic rings. The highest BCUT2D eigenvalue weighted by molar-refractivity contribution is 5.16. The Hall–Kier alpha value is -0.970. The first-order valence-corrected chi connectivity index (χ1v) is 7.27. The van der Waals surface area contributed by atoms with Crippen molar-refractivity contribution in [3.8, 4) is 0 Å². The quantitative estimate of drug-likeness (QED) is 0.732. The van der Waals surface area contributed by atoms with Crippen LogP contribution >= 0.6 is 0 Å². The van der Waals surface area contributed by atoms with Crippen molar-refractivity contribution in [2.45, 2.75) is 45.9 Å². The van der Waals surface area contributed by atoms with E-state index < -0.39 is 6.10 Å². The lowest BCUT2D eigenvalue weighted by Crippen LogP contribution is -2.39. The number of hydrogen-bond donors (Lipinski definition) is 2. The number of aliphatic hydroxyl groups is 1. The maximum absolute atomic E-state index is 13.3. The zero-order valence-corrected chi connectivity index (χ0v) is 12.6. The molecule has 0 bridgehead atoms. The number of ether oxygens (including phenoxy) is 1. The van der Waals surface area contributed by atoms with Gasteiger partial charge in [-0.05, 0) is 18.9 Å². The number of halogens is 1. The molecule has 114 valence electrons. The summed E-state index contributed by atoms with van der Waals surface area (Å²) in [7, 11) is 0. The summed E-state index contributed by atoms with van der Waals surface area (Å²) in [6, 6.07) is 6.87. The minimum Gasteiger partial charge on any atom is -0.389 e. The van der Waals surface area contributed by atoms with E-state index >= 15 is 0 Å². The summed E-state index contributed by atoms with van der Waals surface area (Å²) in [6.07, 6.45) is 0.530. The fourth-order valence-corrected chi connectivity index (χ4v) is 1.86. The summed E-state index contributed by atoms with van der Waals surface area (Å²) in [5, 5.41) is 13.1. The van der Waals surface area contributed by atoms with Gasteiger partial charge in [-0.25, -0.2) is 4.39 Å². The first kappa shape index (κ1) is 17.1. The van der Waals surface area contributed by atoms with Crippen molar-refractivity contribution in [2.75, 3.05) is 13.2 Å². The number of aliphatic hydroxyl groups excluding tert-OH is 1. The molecule has 1 rings (SSSR count). The van der Waals surface area contributed by atoms with E-state index in [0.29, 0.717) is 24.1 Å². The van der Waals surface area contributed by atoms with Gasteiger partial charge in [0.2, 0.25) is 0 Å². The zero-order valence-electron chi connectivity index (χ0n) is 12.6. The van der Waals surface area contributed by atoms with E-state index in [9.17, 15) is 9.50 Å². The van der Waals surface area contributed by atoms with Gasteiger partial charge in [-0.2, -0.15) is 0 Å². The summed E-state index contributed by atoms with van der Waals surface area (Å²) in [4.78, 5) is 0. The molecule has 20 heavy (non-hydrogen) atoms. The SMILES string of the molecule is CCC(C)C(C)NCC(O)COCc1ccccc1F. The van der Waals surface area contributed by atoms with Crippen LogP contribution in [0.25, 0.3) is 0 Å². The Morgan fingerprint density at radius 1 is 1.30 bits per heavy atom. The molecule has 1 aromatic rings. The first-order valence-electron chi connectivity index (χ1n) is 7.27. The van der Waals surface area contributed by atoms with E-state index in [0.717, 1.165) is 6.42 Å². The van der Waals surface area contributed by atoms with Crippen LogP contribution in [-0.2, 0) is 11.3 Å². The molecule has 3 unspecified atom stereocenters. The third-order valence-electron chi connectivity index (χ3n) is 3.70. The Kier molecular flexibility index (Phi) is 7.73. The third kappa shape index (κ3) is 5.99. The summed E-state index contributed by atoms with van der Waals surface area (Å²) in [6.45, 7) is 7.32. The summed E-state index contributed by atoms with van der Waals surface area (Å²) in [5.41, 5.74) is 0.514. The van der Waals surface area contributed by atoms with Gasteiger partial charge in [0.05, 0.1) is 19.3 Å². The number of hydrogen-bond acceptors (Lipinski definition) is 3. The third-order valence-corrected chi connectivity index (χ3v) is 3.70. The highest BCUT2D eigenvalue weighted by atomic mass is 19.1. The Bertz CT molecular complexity index is 386. The van der Waals surface area contributed by atoms with Crippen molar-refractivity contribution in [3.63, 3.8) is 0 Å². The molecular weight excluding hydrogens is 257 g/mol. The maximum Gasteiger partial charge on any atom is 0.128 e. The van der Waals surface area contributed by atoms with Crippen LogP contribution in [0.1, 0.15) is 32.8 Å². The predicted octanol–water partition coefficient (Wildman–Crippen LogP) is 2.73. The lowest BCUT2D eigenvalue weighted by atomic mass is 10.0. The van der Waals surface area contributed by atoms with Gasteiger partial charge in [-0.1, -0.05) is 38.5 Å². The lowest BCUT2D eigenvalue weighted by Gasteiger charge is -2.21. The molecule has 3 atom stereocenters. The summed E-state index contributed by atoms with van der Waals surface area (Å²) in [5.74, 6) is 0.298. The van der Waals surface area contributed by atoms with E-state index in [1.807, 2.05) is 0 Å². The summed E-state index contributed by atoms with van der Waals surface area (Å²) < 4.78 is 18.7. The zero-order chi connectivity index (χ0) is 15.0. The van der Waals surface area contributed by atoms with Gasteiger partial charge in [-0.3, -0.25) is 0 Å². The van der Waals surface area contributed by atoms with Crippen molar-refractivity contribution >= 4 is 0 Å². The smallest absolute Gasteiger partial charge is 0.128 e. The first-order chi connectivity index (χ1) is 9.54. The van der Waals surface area contributed by atoms with E-state index in [2.05, 4.69) is 26.1 Å². The second-order valence-electron chi connectivity index (χ2n) is 5.34. The molecule has 0 aliphatic carbocycles. The normalized spacial score (nSPS) is 15.8. The molecule has 0 heterocycles. The minimum absolute atomic E-state index is 0.185. The van der Waals surface area contributed by atoms with Crippen molar-refractivity contribution in [1.82, 2.24) is 5.32 Å². The largest absolute Gasteiger partial charge is 0.389 e. The molecular formula is C16H26FNO2. The molecule has 2 N–H and O–H groups in total. The molecule has 0 saturated heterocycles. The van der Waals surface area contributed by atoms with Gasteiger partial charge in [0.1, 0.15) is 5.82 Å². The van der Waals surface area contributed by atoms with E-state index in [1.165, 1.54) is 6.07 Å². The highest BCUT2D eigenvalue weighted by Gasteiger charge is 2.12. The molecule has 3 nitrogen and oxygen atoms in total. The Labute approximate surface area is 121 Å². The van der Waals surface area contributed by atoms with Crippen LogP contribution < -0.4 is 5.32 Å². The Morgan fingerprint density at radius 2 is 2.00 bits per heavy atom. The molecule has 0 aliphatic heterocycles. The summed E-state index contributed by atoms with van der Waals surface area (Å²) >= 11 is 0. The van der Waals surface area contributed by atoms with Crippen LogP contribution in [0.5, 0.6) is 0 Å². The van der Waals surface area contributed by atoms with Gasteiger partial charge in [0.15, 0.2) is 0 Å². The fraction of sp³-hybridized carbons (Fsp3) is 0.625. The second kappa shape index (κ2) is 9.06. The number of benzene rings is 1. The van der Waals surface area contributed by atoms with Crippen LogP contribution in [0.15, 0.2) is 24.3 Å². The molecule has 0 spiro atoms. The van der Waals surface area contributed by atoms with Crippen molar-refractivity contribution < 1.29 is 14.2 Å². The lowest BCUT2D eigenvalue weighted by molar-refractivity contribution is 0.0261. The van der Waals surface area contributed by atoms with E-state index in [-0.39, 0.29) is 19.0 Å². The number of rotatable bonds is 9. The van der Waals surface area contributed by atoms with Gasteiger partial charge in [0.25, 0.3) is 0 Å². The van der Waals surface area contributed by atoms with E-state index in [4.69, 9.17) is 4.74 Å². The van der Waals surface area contributed by atoms with Crippen molar-refractivity contribution in [1.29, 1.82) is 0 Å². The number of nitrogens with one attached hydrogen (secondary N) is 1. The molecule has 0 amide bonds. The Balaban J connectivity index is 2.20. The topological polar surface area (TPSA) is 41.5 Å². The van der Waals surface area contributed by atoms with Gasteiger partial charge < -0.3 is 15.2 Å². The Morgan fingerprint density at radius 3 is 2.65 bits per heavy atom. The van der Waals surface area contributed by atoms with Crippen molar-refractivity contribution in [3.05, 3.63) is 35.6 Å². The van der Waals surface area contributed by atoms with E-state index in [1.54, 1.807) is 18.2 Å². The van der Waals surface area contributed by atoms with Gasteiger partial charge >= 0.3 is 0 Å². The molecule has 1 aromatic carbocycles. The minimum atomic E-state index is -0.576. The maximum atomic E-state index is 13.3. The molecule has 0 aromatic heterocycles. The monoisotopic (exact) mass is 283 g/mol. The fourth-order valence-electron chi connectivity index (χ4n) is 1.86. The molecule has 4 heteroatoms. The van der Waals surface area contributed by atoms with Crippen molar-refractivity contribution in [2.24, 2.45) is 5.92 Å². The average molecular weight is 283 g/mol. The molecule has 0 radical (unpaired) electrons. The van der Waals surface area contributed by atoms with Gasteiger partial charge in [0, 0.05) is 18.2 Å².